The van der Waals surface area contributed by atoms with Crippen LogP contribution in [0.1, 0.15) is 25.0 Å². The Labute approximate surface area is 94.5 Å². The molecule has 0 amide bonds. The fourth-order valence-corrected chi connectivity index (χ4v) is 1.56. The lowest BCUT2D eigenvalue weighted by Crippen LogP contribution is -2.02. The Morgan fingerprint density at radius 1 is 1.25 bits per heavy atom. The third kappa shape index (κ3) is 2.71. The molecule has 0 radical (unpaired) electrons. The Morgan fingerprint density at radius 2 is 2.19 bits per heavy atom. The van der Waals surface area contributed by atoms with Gasteiger partial charge >= 0.3 is 0 Å². The summed E-state index contributed by atoms with van der Waals surface area (Å²) < 4.78 is 0. The summed E-state index contributed by atoms with van der Waals surface area (Å²) >= 11 is 0. The van der Waals surface area contributed by atoms with Crippen molar-refractivity contribution >= 4 is 5.71 Å². The van der Waals surface area contributed by atoms with Gasteiger partial charge in [0.25, 0.3) is 0 Å². The summed E-state index contributed by atoms with van der Waals surface area (Å²) in [6, 6.07) is 5.64. The summed E-state index contributed by atoms with van der Waals surface area (Å²) in [5, 5.41) is 11.9. The van der Waals surface area contributed by atoms with Crippen molar-refractivity contribution in [2.75, 3.05) is 0 Å². The highest BCUT2D eigenvalue weighted by atomic mass is 16.4. The van der Waals surface area contributed by atoms with Gasteiger partial charge in [0.1, 0.15) is 5.69 Å². The van der Waals surface area contributed by atoms with Crippen LogP contribution in [0.25, 0.3) is 0 Å². The number of rotatable bonds is 0. The van der Waals surface area contributed by atoms with E-state index in [1.165, 1.54) is 0 Å². The van der Waals surface area contributed by atoms with Gasteiger partial charge in [-0.2, -0.15) is 0 Å². The molecule has 0 atom stereocenters. The van der Waals surface area contributed by atoms with Crippen molar-refractivity contribution in [3.8, 4) is 11.8 Å². The van der Waals surface area contributed by atoms with Gasteiger partial charge in [0, 0.05) is 11.8 Å². The molecule has 3 nitrogen and oxygen atoms in total. The fourth-order valence-electron chi connectivity index (χ4n) is 1.56. The van der Waals surface area contributed by atoms with Gasteiger partial charge in [0.05, 0.1) is 5.71 Å². The zero-order chi connectivity index (χ0) is 11.2. The number of aromatic nitrogens is 1. The summed E-state index contributed by atoms with van der Waals surface area (Å²) in [7, 11) is 0. The van der Waals surface area contributed by atoms with E-state index >= 15 is 0 Å². The average molecular weight is 212 g/mol. The second-order valence-electron chi connectivity index (χ2n) is 3.58. The number of hydrogen-bond acceptors (Lipinski definition) is 3. The molecule has 0 saturated carbocycles. The molecule has 3 heteroatoms. The minimum Gasteiger partial charge on any atom is -0.411 e. The average Bonchev–Trinajstić information content (AvgIpc) is 2.38. The monoisotopic (exact) mass is 212 g/mol. The van der Waals surface area contributed by atoms with Gasteiger partial charge in [-0.1, -0.05) is 17.1 Å². The Kier molecular flexibility index (Phi) is 3.35. The zero-order valence-electron chi connectivity index (χ0n) is 8.85. The zero-order valence-corrected chi connectivity index (χ0v) is 8.85. The third-order valence-electron chi connectivity index (χ3n) is 2.36. The molecule has 0 unspecified atom stereocenters. The molecule has 0 spiro atoms. The van der Waals surface area contributed by atoms with Crippen molar-refractivity contribution in [2.24, 2.45) is 5.16 Å². The van der Waals surface area contributed by atoms with Crippen LogP contribution in [0.3, 0.4) is 0 Å². The maximum atomic E-state index is 8.68. The van der Waals surface area contributed by atoms with E-state index in [-0.39, 0.29) is 0 Å². The van der Waals surface area contributed by atoms with Crippen LogP contribution in [-0.2, 0) is 0 Å². The van der Waals surface area contributed by atoms with Gasteiger partial charge < -0.3 is 5.21 Å². The second kappa shape index (κ2) is 5.13. The van der Waals surface area contributed by atoms with Crippen LogP contribution in [0, 0.1) is 11.8 Å². The number of nitrogens with zero attached hydrogens (tertiary/aromatic N) is 2. The summed E-state index contributed by atoms with van der Waals surface area (Å²) in [6.45, 7) is 0. The van der Waals surface area contributed by atoms with Crippen LogP contribution < -0.4 is 0 Å². The van der Waals surface area contributed by atoms with E-state index in [1.54, 1.807) is 6.20 Å². The Morgan fingerprint density at radius 3 is 2.94 bits per heavy atom. The van der Waals surface area contributed by atoms with Crippen molar-refractivity contribution in [3.05, 3.63) is 41.7 Å². The first-order chi connectivity index (χ1) is 7.88. The number of hydrogen-bond donors (Lipinski definition) is 1. The summed E-state index contributed by atoms with van der Waals surface area (Å²) in [5.41, 5.74) is 2.47. The molecule has 1 N–H and O–H groups in total. The van der Waals surface area contributed by atoms with Crippen LogP contribution in [-0.4, -0.2) is 15.9 Å². The van der Waals surface area contributed by atoms with E-state index in [0.29, 0.717) is 5.71 Å². The van der Waals surface area contributed by atoms with E-state index in [9.17, 15) is 0 Å². The standard InChI is InChI=1S/C13H12N2O/c16-15-13-6-3-4-11(10-13)7-8-12-5-1-2-9-14-12/h1-2,5,9-10,16H,3-4,6H2. The van der Waals surface area contributed by atoms with Crippen molar-refractivity contribution in [2.45, 2.75) is 19.3 Å². The van der Waals surface area contributed by atoms with Crippen LogP contribution in [0.2, 0.25) is 0 Å². The first kappa shape index (κ1) is 10.4. The van der Waals surface area contributed by atoms with E-state index in [1.807, 2.05) is 24.3 Å². The van der Waals surface area contributed by atoms with E-state index in [0.717, 1.165) is 30.5 Å². The molecular weight excluding hydrogens is 200 g/mol. The molecule has 16 heavy (non-hydrogen) atoms. The quantitative estimate of drug-likeness (QED) is 0.407. The van der Waals surface area contributed by atoms with Gasteiger partial charge in [-0.25, -0.2) is 4.98 Å². The highest BCUT2D eigenvalue weighted by Crippen LogP contribution is 2.15. The first-order valence-corrected chi connectivity index (χ1v) is 5.23. The molecule has 0 fully saturated rings. The number of oxime groups is 1. The van der Waals surface area contributed by atoms with Gasteiger partial charge in [-0.05, 0) is 43.4 Å². The second-order valence-corrected chi connectivity index (χ2v) is 3.58. The maximum Gasteiger partial charge on any atom is 0.113 e. The summed E-state index contributed by atoms with van der Waals surface area (Å²) in [6.07, 6.45) is 6.32. The highest BCUT2D eigenvalue weighted by molar-refractivity contribution is 5.96. The summed E-state index contributed by atoms with van der Waals surface area (Å²) in [4.78, 5) is 4.12. The molecule has 0 saturated heterocycles. The van der Waals surface area contributed by atoms with Gasteiger partial charge in [0.2, 0.25) is 0 Å². The Hall–Kier alpha value is -2.08. The molecule has 1 aliphatic carbocycles. The van der Waals surface area contributed by atoms with Crippen LogP contribution in [0.15, 0.2) is 41.2 Å². The van der Waals surface area contributed by atoms with Gasteiger partial charge in [-0.3, -0.25) is 0 Å². The molecule has 0 aromatic carbocycles. The SMILES string of the molecule is ON=C1C=C(C#Cc2ccccn2)CCC1. The highest BCUT2D eigenvalue weighted by Gasteiger charge is 2.06. The van der Waals surface area contributed by atoms with Crippen molar-refractivity contribution in [3.63, 3.8) is 0 Å². The summed E-state index contributed by atoms with van der Waals surface area (Å²) in [5.74, 6) is 6.05. The lowest BCUT2D eigenvalue weighted by molar-refractivity contribution is 0.318. The lowest BCUT2D eigenvalue weighted by atomic mass is 9.98. The molecular formula is C13H12N2O. The molecule has 1 aliphatic rings. The van der Waals surface area contributed by atoms with Crippen molar-refractivity contribution in [1.82, 2.24) is 4.98 Å². The minimum absolute atomic E-state index is 0.705. The molecule has 2 rings (SSSR count). The molecule has 1 aromatic rings. The van der Waals surface area contributed by atoms with Crippen LogP contribution in [0.5, 0.6) is 0 Å². The minimum atomic E-state index is 0.705. The van der Waals surface area contributed by atoms with Crippen molar-refractivity contribution < 1.29 is 5.21 Å². The normalized spacial score (nSPS) is 17.5. The molecule has 1 heterocycles. The van der Waals surface area contributed by atoms with Gasteiger partial charge in [0.15, 0.2) is 0 Å². The topological polar surface area (TPSA) is 45.5 Å². The predicted molar refractivity (Wildman–Crippen MR) is 62.3 cm³/mol. The molecule has 80 valence electrons. The molecule has 0 aliphatic heterocycles. The van der Waals surface area contributed by atoms with Crippen LogP contribution >= 0.6 is 0 Å². The first-order valence-electron chi connectivity index (χ1n) is 5.23. The molecule has 1 aromatic heterocycles. The Bertz CT molecular complexity index is 478. The lowest BCUT2D eigenvalue weighted by Gasteiger charge is -2.07. The molecule has 0 bridgehead atoms. The van der Waals surface area contributed by atoms with Crippen LogP contribution in [0.4, 0.5) is 0 Å². The van der Waals surface area contributed by atoms with E-state index in [2.05, 4.69) is 22.0 Å². The predicted octanol–water partition coefficient (Wildman–Crippen LogP) is 2.37. The van der Waals surface area contributed by atoms with Gasteiger partial charge in [-0.15, -0.1) is 0 Å². The number of pyridine rings is 1. The van der Waals surface area contributed by atoms with Crippen molar-refractivity contribution in [1.29, 1.82) is 0 Å². The maximum absolute atomic E-state index is 8.68. The Balaban J connectivity index is 2.16. The fraction of sp³-hybridized carbons (Fsp3) is 0.231. The largest absolute Gasteiger partial charge is 0.411 e. The van der Waals surface area contributed by atoms with E-state index < -0.39 is 0 Å². The van der Waals surface area contributed by atoms with E-state index in [4.69, 9.17) is 5.21 Å². The third-order valence-corrected chi connectivity index (χ3v) is 2.36. The number of allylic oxidation sites excluding steroid dienone is 2. The smallest absolute Gasteiger partial charge is 0.113 e.